The molecule has 126 valence electrons. The van der Waals surface area contributed by atoms with Crippen LogP contribution in [0.4, 0.5) is 0 Å². The quantitative estimate of drug-likeness (QED) is 0.439. The molecule has 0 radical (unpaired) electrons. The summed E-state index contributed by atoms with van der Waals surface area (Å²) in [5.74, 6) is -0.478. The molecule has 0 aromatic heterocycles. The first kappa shape index (κ1) is 17.6. The number of hydrogen-bond donors (Lipinski definition) is 3. The molecule has 0 fully saturated rings. The molecule has 3 N–H and O–H groups in total. The lowest BCUT2D eigenvalue weighted by atomic mass is 10.2. The van der Waals surface area contributed by atoms with Crippen molar-refractivity contribution < 1.29 is 19.7 Å². The smallest absolute Gasteiger partial charge is 0.271 e. The number of benzene rings is 2. The summed E-state index contributed by atoms with van der Waals surface area (Å²) >= 11 is 5.74. The van der Waals surface area contributed by atoms with E-state index in [0.717, 1.165) is 0 Å². The van der Waals surface area contributed by atoms with E-state index >= 15 is 0 Å². The maximum Gasteiger partial charge on any atom is 0.271 e. The second-order valence-corrected chi connectivity index (χ2v) is 5.67. The third kappa shape index (κ3) is 4.63. The number of amides is 1. The maximum atomic E-state index is 12.0. The zero-order valence-corrected chi connectivity index (χ0v) is 13.9. The summed E-state index contributed by atoms with van der Waals surface area (Å²) in [4.78, 5) is 12.0. The molecule has 0 atom stereocenters. The van der Waals surface area contributed by atoms with Crippen LogP contribution in [0.1, 0.15) is 29.8 Å². The number of hydrogen-bond acceptors (Lipinski definition) is 5. The van der Waals surface area contributed by atoms with Gasteiger partial charge in [-0.05, 0) is 55.8 Å². The maximum absolute atomic E-state index is 12.0. The average Bonchev–Trinajstić information content (AvgIpc) is 2.52. The highest BCUT2D eigenvalue weighted by Gasteiger charge is 2.07. The lowest BCUT2D eigenvalue weighted by molar-refractivity contribution is 0.0955. The van der Waals surface area contributed by atoms with E-state index in [1.165, 1.54) is 18.3 Å². The van der Waals surface area contributed by atoms with Gasteiger partial charge in [0.05, 0.1) is 17.3 Å². The minimum atomic E-state index is -0.401. The Morgan fingerprint density at radius 2 is 1.92 bits per heavy atom. The zero-order chi connectivity index (χ0) is 17.7. The van der Waals surface area contributed by atoms with Crippen molar-refractivity contribution in [1.29, 1.82) is 0 Å². The van der Waals surface area contributed by atoms with E-state index in [-0.39, 0.29) is 16.9 Å². The molecule has 24 heavy (non-hydrogen) atoms. The van der Waals surface area contributed by atoms with Crippen molar-refractivity contribution >= 4 is 23.7 Å². The minimum absolute atomic E-state index is 0.0106. The van der Waals surface area contributed by atoms with E-state index in [2.05, 4.69) is 10.5 Å². The van der Waals surface area contributed by atoms with Gasteiger partial charge in [-0.3, -0.25) is 4.79 Å². The monoisotopic (exact) mass is 348 g/mol. The van der Waals surface area contributed by atoms with Crippen molar-refractivity contribution in [3.8, 4) is 17.2 Å². The average molecular weight is 349 g/mol. The molecule has 0 unspecified atom stereocenters. The Morgan fingerprint density at radius 1 is 1.25 bits per heavy atom. The third-order valence-corrected chi connectivity index (χ3v) is 3.22. The number of nitrogens with zero attached hydrogens (tertiary/aromatic N) is 1. The van der Waals surface area contributed by atoms with E-state index in [1.807, 2.05) is 13.8 Å². The number of halogens is 1. The number of phenols is 2. The highest BCUT2D eigenvalue weighted by atomic mass is 35.5. The minimum Gasteiger partial charge on any atom is -0.504 e. The van der Waals surface area contributed by atoms with Gasteiger partial charge in [-0.2, -0.15) is 5.10 Å². The summed E-state index contributed by atoms with van der Waals surface area (Å²) in [5.41, 5.74) is 3.22. The van der Waals surface area contributed by atoms with Crippen LogP contribution in [0, 0.1) is 0 Å². The van der Waals surface area contributed by atoms with Crippen LogP contribution in [0.2, 0.25) is 5.02 Å². The van der Waals surface area contributed by atoms with Gasteiger partial charge in [-0.15, -0.1) is 0 Å². The van der Waals surface area contributed by atoms with Crippen LogP contribution >= 0.6 is 11.6 Å². The third-order valence-electron chi connectivity index (χ3n) is 2.93. The van der Waals surface area contributed by atoms with Crippen LogP contribution in [-0.4, -0.2) is 28.4 Å². The van der Waals surface area contributed by atoms with Crippen LogP contribution in [0.3, 0.4) is 0 Å². The van der Waals surface area contributed by atoms with Gasteiger partial charge in [0.25, 0.3) is 5.91 Å². The van der Waals surface area contributed by atoms with Crippen molar-refractivity contribution in [2.45, 2.75) is 20.0 Å². The number of carbonyl (C=O) groups excluding carboxylic acids is 1. The van der Waals surface area contributed by atoms with Crippen LogP contribution in [0.5, 0.6) is 17.2 Å². The molecular weight excluding hydrogens is 332 g/mol. The molecule has 0 aliphatic carbocycles. The molecule has 2 aromatic rings. The van der Waals surface area contributed by atoms with E-state index in [4.69, 9.17) is 16.3 Å². The van der Waals surface area contributed by atoms with E-state index in [9.17, 15) is 15.0 Å². The molecule has 2 rings (SSSR count). The molecule has 0 aliphatic heterocycles. The van der Waals surface area contributed by atoms with Gasteiger partial charge in [0.2, 0.25) is 0 Å². The summed E-state index contributed by atoms with van der Waals surface area (Å²) < 4.78 is 5.50. The first-order valence-electron chi connectivity index (χ1n) is 7.18. The first-order chi connectivity index (χ1) is 11.4. The van der Waals surface area contributed by atoms with Crippen molar-refractivity contribution in [3.05, 3.63) is 52.5 Å². The molecule has 6 nitrogen and oxygen atoms in total. The molecule has 0 saturated carbocycles. The number of aromatic hydroxyl groups is 2. The van der Waals surface area contributed by atoms with Gasteiger partial charge >= 0.3 is 0 Å². The van der Waals surface area contributed by atoms with Gasteiger partial charge < -0.3 is 14.9 Å². The number of hydrazone groups is 1. The molecule has 1 amide bonds. The van der Waals surface area contributed by atoms with Crippen molar-refractivity contribution in [3.63, 3.8) is 0 Å². The summed E-state index contributed by atoms with van der Waals surface area (Å²) in [7, 11) is 0. The Labute approximate surface area is 144 Å². The first-order valence-corrected chi connectivity index (χ1v) is 7.56. The molecule has 0 aliphatic rings. The Morgan fingerprint density at radius 3 is 2.50 bits per heavy atom. The van der Waals surface area contributed by atoms with Crippen LogP contribution < -0.4 is 10.2 Å². The van der Waals surface area contributed by atoms with Gasteiger partial charge in [-0.1, -0.05) is 11.6 Å². The van der Waals surface area contributed by atoms with Crippen LogP contribution in [0.25, 0.3) is 0 Å². The molecule has 2 aromatic carbocycles. The Kier molecular flexibility index (Phi) is 5.65. The summed E-state index contributed by atoms with van der Waals surface area (Å²) in [6.45, 7) is 3.84. The Hall–Kier alpha value is -2.73. The molecule has 0 spiro atoms. The topological polar surface area (TPSA) is 91.2 Å². The summed E-state index contributed by atoms with van der Waals surface area (Å²) in [5, 5.41) is 22.6. The summed E-state index contributed by atoms with van der Waals surface area (Å²) in [6.07, 6.45) is 1.36. The van der Waals surface area contributed by atoms with Gasteiger partial charge in [-0.25, -0.2) is 5.43 Å². The summed E-state index contributed by atoms with van der Waals surface area (Å²) in [6, 6.07) is 9.35. The fourth-order valence-corrected chi connectivity index (χ4v) is 2.09. The van der Waals surface area contributed by atoms with Gasteiger partial charge in [0.15, 0.2) is 11.5 Å². The highest BCUT2D eigenvalue weighted by molar-refractivity contribution is 6.32. The normalized spacial score (nSPS) is 11.0. The SMILES string of the molecule is CC(C)Oc1ccc(C(=O)N/N=C/c2cc(O)c(O)c(Cl)c2)cc1. The van der Waals surface area contributed by atoms with E-state index < -0.39 is 11.7 Å². The highest BCUT2D eigenvalue weighted by Crippen LogP contribution is 2.33. The van der Waals surface area contributed by atoms with E-state index in [0.29, 0.717) is 16.9 Å². The Balaban J connectivity index is 2.00. The fraction of sp³-hybridized carbons (Fsp3) is 0.176. The zero-order valence-electron chi connectivity index (χ0n) is 13.2. The molecule has 7 heteroatoms. The fourth-order valence-electron chi connectivity index (χ4n) is 1.87. The second-order valence-electron chi connectivity index (χ2n) is 5.26. The van der Waals surface area contributed by atoms with Gasteiger partial charge in [0.1, 0.15) is 5.75 Å². The molecule has 0 heterocycles. The largest absolute Gasteiger partial charge is 0.504 e. The Bertz CT molecular complexity index is 735. The van der Waals surface area contributed by atoms with E-state index in [1.54, 1.807) is 24.3 Å². The standard InChI is InChI=1S/C17H17ClN2O4/c1-10(2)24-13-5-3-12(4-6-13)17(23)20-19-9-11-7-14(18)16(22)15(21)8-11/h3-10,21-22H,1-2H3,(H,20,23)/b19-9+. The molecule has 0 bridgehead atoms. The predicted octanol–water partition coefficient (Wildman–Crippen LogP) is 3.30. The number of nitrogens with one attached hydrogen (secondary N) is 1. The van der Waals surface area contributed by atoms with Crippen molar-refractivity contribution in [2.75, 3.05) is 0 Å². The predicted molar refractivity (Wildman–Crippen MR) is 92.0 cm³/mol. The molecular formula is C17H17ClN2O4. The van der Waals surface area contributed by atoms with Crippen LogP contribution in [-0.2, 0) is 0 Å². The lowest BCUT2D eigenvalue weighted by Gasteiger charge is -2.09. The van der Waals surface area contributed by atoms with Crippen LogP contribution in [0.15, 0.2) is 41.5 Å². The van der Waals surface area contributed by atoms with Crippen molar-refractivity contribution in [1.82, 2.24) is 5.43 Å². The molecule has 0 saturated heterocycles. The number of phenolic OH excluding ortho intramolecular Hbond substituents is 2. The number of carbonyl (C=O) groups is 1. The second kappa shape index (κ2) is 7.70. The van der Waals surface area contributed by atoms with Gasteiger partial charge in [0, 0.05) is 5.56 Å². The number of ether oxygens (including phenoxy) is 1. The lowest BCUT2D eigenvalue weighted by Crippen LogP contribution is -2.17. The van der Waals surface area contributed by atoms with Crippen molar-refractivity contribution in [2.24, 2.45) is 5.10 Å². The number of rotatable bonds is 5.